The fraction of sp³-hybridized carbons (Fsp3) is 0. The number of hydrogen-bond acceptors (Lipinski definition) is 5. The summed E-state index contributed by atoms with van der Waals surface area (Å²) in [5.41, 5.74) is 1.25. The Kier molecular flexibility index (Phi) is 2.64. The van der Waals surface area contributed by atoms with E-state index in [2.05, 4.69) is 20.3 Å². The van der Waals surface area contributed by atoms with Gasteiger partial charge in [-0.1, -0.05) is 12.1 Å². The molecule has 0 spiro atoms. The second-order valence-corrected chi connectivity index (χ2v) is 2.79. The third kappa shape index (κ3) is 2.14. The summed E-state index contributed by atoms with van der Waals surface area (Å²) in [6, 6.07) is 7.13. The van der Waals surface area contributed by atoms with Gasteiger partial charge in [-0.3, -0.25) is 4.79 Å². The highest BCUT2D eigenvalue weighted by Gasteiger charge is 2.01. The summed E-state index contributed by atoms with van der Waals surface area (Å²) in [6.07, 6.45) is 3.56. The molecule has 15 heavy (non-hydrogen) atoms. The number of aromatic nitrogens is 3. The van der Waals surface area contributed by atoms with Crippen LogP contribution in [0.5, 0.6) is 0 Å². The van der Waals surface area contributed by atoms with Gasteiger partial charge in [0, 0.05) is 5.56 Å². The number of anilines is 2. The van der Waals surface area contributed by atoms with Gasteiger partial charge in [-0.2, -0.15) is 0 Å². The van der Waals surface area contributed by atoms with E-state index < -0.39 is 0 Å². The molecule has 0 saturated heterocycles. The van der Waals surface area contributed by atoms with Crippen LogP contribution in [0.15, 0.2) is 36.9 Å². The van der Waals surface area contributed by atoms with Crippen LogP contribution < -0.4 is 5.32 Å². The molecule has 0 bridgehead atoms. The van der Waals surface area contributed by atoms with Crippen LogP contribution in [-0.4, -0.2) is 21.2 Å². The van der Waals surface area contributed by atoms with Crippen LogP contribution in [0.4, 0.5) is 11.6 Å². The predicted molar refractivity (Wildman–Crippen MR) is 54.9 cm³/mol. The summed E-state index contributed by atoms with van der Waals surface area (Å²) < 4.78 is 0. The lowest BCUT2D eigenvalue weighted by Gasteiger charge is -2.05. The molecule has 1 aromatic heterocycles. The number of carbonyl (C=O) groups excluding carboxylic acids is 1. The minimum atomic E-state index is 0.416. The average Bonchev–Trinajstić information content (AvgIpc) is 2.31. The van der Waals surface area contributed by atoms with Gasteiger partial charge in [-0.15, -0.1) is 0 Å². The minimum absolute atomic E-state index is 0.416. The molecule has 1 N–H and O–H groups in total. The second-order valence-electron chi connectivity index (χ2n) is 2.79. The first-order valence-corrected chi connectivity index (χ1v) is 4.33. The maximum Gasteiger partial charge on any atom is 0.230 e. The summed E-state index contributed by atoms with van der Waals surface area (Å²) >= 11 is 0. The Morgan fingerprint density at radius 3 is 2.60 bits per heavy atom. The molecule has 1 heterocycles. The van der Waals surface area contributed by atoms with Crippen LogP contribution in [0.3, 0.4) is 0 Å². The van der Waals surface area contributed by atoms with E-state index in [0.717, 1.165) is 6.29 Å². The highest BCUT2D eigenvalue weighted by atomic mass is 16.1. The van der Waals surface area contributed by atoms with Crippen LogP contribution in [0, 0.1) is 0 Å². The van der Waals surface area contributed by atoms with Crippen molar-refractivity contribution in [2.45, 2.75) is 0 Å². The van der Waals surface area contributed by atoms with E-state index in [1.54, 1.807) is 18.2 Å². The summed E-state index contributed by atoms with van der Waals surface area (Å²) in [7, 11) is 0. The largest absolute Gasteiger partial charge is 0.323 e. The van der Waals surface area contributed by atoms with Crippen molar-refractivity contribution in [1.82, 2.24) is 15.0 Å². The number of rotatable bonds is 3. The zero-order valence-electron chi connectivity index (χ0n) is 7.79. The topological polar surface area (TPSA) is 67.8 Å². The average molecular weight is 200 g/mol. The first-order valence-electron chi connectivity index (χ1n) is 4.33. The van der Waals surface area contributed by atoms with Crippen molar-refractivity contribution in [1.29, 1.82) is 0 Å². The van der Waals surface area contributed by atoms with Crippen LogP contribution in [-0.2, 0) is 0 Å². The summed E-state index contributed by atoms with van der Waals surface area (Å²) in [5, 5.41) is 2.93. The number of carbonyl (C=O) groups is 1. The smallest absolute Gasteiger partial charge is 0.230 e. The Labute approximate surface area is 86.2 Å². The fourth-order valence-electron chi connectivity index (χ4n) is 1.14. The van der Waals surface area contributed by atoms with Crippen LogP contribution in [0.1, 0.15) is 10.4 Å². The van der Waals surface area contributed by atoms with Crippen LogP contribution in [0.2, 0.25) is 0 Å². The van der Waals surface area contributed by atoms with Gasteiger partial charge >= 0.3 is 0 Å². The molecule has 0 saturated carbocycles. The molecule has 2 aromatic rings. The molecule has 5 heteroatoms. The first kappa shape index (κ1) is 9.26. The normalized spacial score (nSPS) is 9.60. The lowest BCUT2D eigenvalue weighted by atomic mass is 10.2. The third-order valence-corrected chi connectivity index (χ3v) is 1.83. The molecule has 2 rings (SSSR count). The zero-order valence-corrected chi connectivity index (χ0v) is 7.79. The van der Waals surface area contributed by atoms with Gasteiger partial charge in [0.25, 0.3) is 0 Å². The van der Waals surface area contributed by atoms with Gasteiger partial charge in [0.15, 0.2) is 6.29 Å². The van der Waals surface area contributed by atoms with Crippen molar-refractivity contribution < 1.29 is 4.79 Å². The van der Waals surface area contributed by atoms with E-state index in [9.17, 15) is 4.79 Å². The lowest BCUT2D eigenvalue weighted by molar-refractivity contribution is 0.112. The molecule has 0 aliphatic carbocycles. The second kappa shape index (κ2) is 4.28. The molecule has 0 aliphatic rings. The van der Waals surface area contributed by atoms with Crippen molar-refractivity contribution in [2.24, 2.45) is 0 Å². The Morgan fingerprint density at radius 1 is 1.13 bits per heavy atom. The number of para-hydroxylation sites is 1. The summed E-state index contributed by atoms with van der Waals surface area (Å²) in [5.74, 6) is 0.416. The molecule has 74 valence electrons. The van der Waals surface area contributed by atoms with E-state index in [1.807, 2.05) is 6.07 Å². The van der Waals surface area contributed by atoms with Gasteiger partial charge in [0.2, 0.25) is 5.95 Å². The highest BCUT2D eigenvalue weighted by molar-refractivity contribution is 5.85. The monoisotopic (exact) mass is 200 g/mol. The Morgan fingerprint density at radius 2 is 1.87 bits per heavy atom. The Balaban J connectivity index is 2.28. The number of benzene rings is 1. The molecule has 0 fully saturated rings. The third-order valence-electron chi connectivity index (χ3n) is 1.83. The molecular weight excluding hydrogens is 192 g/mol. The molecule has 0 radical (unpaired) electrons. The summed E-state index contributed by atoms with van der Waals surface area (Å²) in [4.78, 5) is 22.2. The van der Waals surface area contributed by atoms with Crippen molar-refractivity contribution >= 4 is 17.9 Å². The van der Waals surface area contributed by atoms with Gasteiger partial charge in [-0.25, -0.2) is 15.0 Å². The number of aldehydes is 1. The quantitative estimate of drug-likeness (QED) is 0.759. The van der Waals surface area contributed by atoms with E-state index in [4.69, 9.17) is 0 Å². The number of nitrogens with one attached hydrogen (secondary N) is 1. The maximum absolute atomic E-state index is 10.7. The van der Waals surface area contributed by atoms with Gasteiger partial charge in [0.05, 0.1) is 5.69 Å². The number of hydrogen-bond donors (Lipinski definition) is 1. The lowest BCUT2D eigenvalue weighted by Crippen LogP contribution is -1.99. The molecule has 5 nitrogen and oxygen atoms in total. The minimum Gasteiger partial charge on any atom is -0.323 e. The molecular formula is C10H8N4O. The van der Waals surface area contributed by atoms with Gasteiger partial charge in [-0.05, 0) is 12.1 Å². The van der Waals surface area contributed by atoms with Gasteiger partial charge in [0.1, 0.15) is 12.7 Å². The Hall–Kier alpha value is -2.30. The van der Waals surface area contributed by atoms with E-state index in [-0.39, 0.29) is 0 Å². The summed E-state index contributed by atoms with van der Waals surface area (Å²) in [6.45, 7) is 0. The molecule has 0 amide bonds. The van der Waals surface area contributed by atoms with E-state index in [1.165, 1.54) is 12.7 Å². The van der Waals surface area contributed by atoms with Crippen LogP contribution in [0.25, 0.3) is 0 Å². The first-order chi connectivity index (χ1) is 7.40. The fourth-order valence-corrected chi connectivity index (χ4v) is 1.14. The zero-order chi connectivity index (χ0) is 10.5. The van der Waals surface area contributed by atoms with Crippen molar-refractivity contribution in [3.8, 4) is 0 Å². The van der Waals surface area contributed by atoms with Crippen molar-refractivity contribution in [2.75, 3.05) is 5.32 Å². The van der Waals surface area contributed by atoms with Crippen molar-refractivity contribution in [3.63, 3.8) is 0 Å². The molecule has 0 unspecified atom stereocenters. The maximum atomic E-state index is 10.7. The predicted octanol–water partition coefficient (Wildman–Crippen LogP) is 1.43. The van der Waals surface area contributed by atoms with Gasteiger partial charge < -0.3 is 5.32 Å². The Bertz CT molecular complexity index is 458. The highest BCUT2D eigenvalue weighted by Crippen LogP contribution is 2.15. The SMILES string of the molecule is O=Cc1ccccc1Nc1ncncn1. The van der Waals surface area contributed by atoms with E-state index >= 15 is 0 Å². The van der Waals surface area contributed by atoms with Crippen molar-refractivity contribution in [3.05, 3.63) is 42.5 Å². The van der Waals surface area contributed by atoms with Crippen LogP contribution >= 0.6 is 0 Å². The molecule has 0 atom stereocenters. The standard InChI is InChI=1S/C10H8N4O/c15-5-8-3-1-2-4-9(8)14-10-12-6-11-7-13-10/h1-7H,(H,11,12,13,14). The van der Waals surface area contributed by atoms with E-state index in [0.29, 0.717) is 17.2 Å². The molecule has 0 aliphatic heterocycles. The number of nitrogens with zero attached hydrogens (tertiary/aromatic N) is 3. The molecule has 1 aromatic carbocycles.